The van der Waals surface area contributed by atoms with Gasteiger partial charge in [0.05, 0.1) is 11.0 Å². The fraction of sp³-hybridized carbons (Fsp3) is 0.500. The number of hydrogen-bond acceptors (Lipinski definition) is 6. The van der Waals surface area contributed by atoms with Crippen LogP contribution < -0.4 is 5.32 Å². The molecule has 2 N–H and O–H groups in total. The number of aliphatic hydroxyl groups is 1. The van der Waals surface area contributed by atoms with Crippen LogP contribution in [0.5, 0.6) is 0 Å². The van der Waals surface area contributed by atoms with Gasteiger partial charge >= 0.3 is 0 Å². The van der Waals surface area contributed by atoms with Gasteiger partial charge in [0.1, 0.15) is 23.6 Å². The topological polar surface area (TPSA) is 112 Å². The van der Waals surface area contributed by atoms with Gasteiger partial charge in [0.15, 0.2) is 0 Å². The Morgan fingerprint density at radius 3 is 3.00 bits per heavy atom. The molecule has 1 aliphatic carbocycles. The van der Waals surface area contributed by atoms with Crippen molar-refractivity contribution in [2.24, 2.45) is 5.92 Å². The van der Waals surface area contributed by atoms with Gasteiger partial charge in [0.2, 0.25) is 0 Å². The van der Waals surface area contributed by atoms with Gasteiger partial charge < -0.3 is 10.4 Å². The second-order valence-electron chi connectivity index (χ2n) is 4.60. The van der Waals surface area contributed by atoms with Gasteiger partial charge in [0.25, 0.3) is 5.69 Å². The summed E-state index contributed by atoms with van der Waals surface area (Å²) in [5.74, 6) is 0.468. The first-order valence-electron chi connectivity index (χ1n) is 6.08. The van der Waals surface area contributed by atoms with E-state index in [1.54, 1.807) is 0 Å². The molecule has 1 aliphatic rings. The van der Waals surface area contributed by atoms with E-state index in [0.717, 1.165) is 25.5 Å². The third kappa shape index (κ3) is 2.98. The SMILES string of the molecule is N#Cc1cc([N+](=O)[O-])cnc1NCC1CCCC1O. The standard InChI is InChI=1S/C12H14N4O3/c13-5-9-4-10(16(18)19)7-15-12(9)14-6-8-2-1-3-11(8)17/h4,7-8,11,17H,1-3,6H2,(H,14,15). The molecular formula is C12H14N4O3. The second kappa shape index (κ2) is 5.63. The van der Waals surface area contributed by atoms with E-state index in [4.69, 9.17) is 5.26 Å². The number of rotatable bonds is 4. The van der Waals surface area contributed by atoms with Crippen LogP contribution >= 0.6 is 0 Å². The molecule has 0 amide bonds. The first kappa shape index (κ1) is 13.2. The zero-order valence-electron chi connectivity index (χ0n) is 10.2. The van der Waals surface area contributed by atoms with Crippen LogP contribution in [0.1, 0.15) is 24.8 Å². The van der Waals surface area contributed by atoms with Crippen molar-refractivity contribution in [1.29, 1.82) is 5.26 Å². The monoisotopic (exact) mass is 262 g/mol. The summed E-state index contributed by atoms with van der Waals surface area (Å²) in [5, 5.41) is 32.2. The van der Waals surface area contributed by atoms with Crippen molar-refractivity contribution < 1.29 is 10.0 Å². The number of hydrogen-bond donors (Lipinski definition) is 2. The highest BCUT2D eigenvalue weighted by Crippen LogP contribution is 2.26. The molecule has 0 spiro atoms. The van der Waals surface area contributed by atoms with Gasteiger partial charge in [-0.2, -0.15) is 5.26 Å². The normalized spacial score (nSPS) is 21.9. The Kier molecular flexibility index (Phi) is 3.92. The molecule has 7 heteroatoms. The maximum atomic E-state index is 10.6. The summed E-state index contributed by atoms with van der Waals surface area (Å²) in [6, 6.07) is 3.08. The summed E-state index contributed by atoms with van der Waals surface area (Å²) in [7, 11) is 0. The highest BCUT2D eigenvalue weighted by molar-refractivity contribution is 5.55. The van der Waals surface area contributed by atoms with Gasteiger partial charge in [0, 0.05) is 18.5 Å². The Balaban J connectivity index is 2.08. The molecule has 1 heterocycles. The van der Waals surface area contributed by atoms with Crippen LogP contribution in [-0.2, 0) is 0 Å². The molecule has 2 atom stereocenters. The van der Waals surface area contributed by atoms with E-state index in [0.29, 0.717) is 12.4 Å². The predicted molar refractivity (Wildman–Crippen MR) is 67.4 cm³/mol. The molecule has 100 valence electrons. The fourth-order valence-corrected chi connectivity index (χ4v) is 2.26. The van der Waals surface area contributed by atoms with Gasteiger partial charge in [-0.15, -0.1) is 0 Å². The van der Waals surface area contributed by atoms with Crippen molar-refractivity contribution in [2.75, 3.05) is 11.9 Å². The Labute approximate surface area is 110 Å². The third-order valence-corrected chi connectivity index (χ3v) is 3.36. The van der Waals surface area contributed by atoms with Crippen LogP contribution in [0.4, 0.5) is 11.5 Å². The Bertz CT molecular complexity index is 526. The molecule has 2 rings (SSSR count). The fourth-order valence-electron chi connectivity index (χ4n) is 2.26. The summed E-state index contributed by atoms with van der Waals surface area (Å²) >= 11 is 0. The van der Waals surface area contributed by atoms with Crippen LogP contribution in [0.3, 0.4) is 0 Å². The molecule has 1 fully saturated rings. The first-order chi connectivity index (χ1) is 9.11. The quantitative estimate of drug-likeness (QED) is 0.627. The van der Waals surface area contributed by atoms with Crippen molar-refractivity contribution >= 4 is 11.5 Å². The summed E-state index contributed by atoms with van der Waals surface area (Å²) in [6.45, 7) is 0.515. The minimum atomic E-state index is -0.585. The number of pyridine rings is 1. The highest BCUT2D eigenvalue weighted by Gasteiger charge is 2.25. The maximum absolute atomic E-state index is 10.6. The van der Waals surface area contributed by atoms with Crippen LogP contribution in [0.15, 0.2) is 12.3 Å². The van der Waals surface area contributed by atoms with Crippen LogP contribution in [0.2, 0.25) is 0 Å². The molecule has 0 radical (unpaired) electrons. The van der Waals surface area contributed by atoms with Crippen molar-refractivity contribution in [1.82, 2.24) is 4.98 Å². The van der Waals surface area contributed by atoms with E-state index in [-0.39, 0.29) is 23.3 Å². The van der Waals surface area contributed by atoms with Gasteiger partial charge in [-0.05, 0) is 12.8 Å². The van der Waals surface area contributed by atoms with E-state index in [2.05, 4.69) is 10.3 Å². The number of aliphatic hydroxyl groups excluding tert-OH is 1. The van der Waals surface area contributed by atoms with Crippen LogP contribution in [0, 0.1) is 27.4 Å². The molecule has 7 nitrogen and oxygen atoms in total. The van der Waals surface area contributed by atoms with E-state index in [9.17, 15) is 15.2 Å². The largest absolute Gasteiger partial charge is 0.393 e. The van der Waals surface area contributed by atoms with Crippen LogP contribution in [-0.4, -0.2) is 27.7 Å². The number of nitrogens with one attached hydrogen (secondary N) is 1. The van der Waals surface area contributed by atoms with E-state index < -0.39 is 4.92 Å². The van der Waals surface area contributed by atoms with Crippen molar-refractivity contribution in [2.45, 2.75) is 25.4 Å². The minimum Gasteiger partial charge on any atom is -0.393 e. The molecule has 0 saturated heterocycles. The third-order valence-electron chi connectivity index (χ3n) is 3.36. The van der Waals surface area contributed by atoms with Crippen molar-refractivity contribution in [3.63, 3.8) is 0 Å². The lowest BCUT2D eigenvalue weighted by atomic mass is 10.1. The summed E-state index contributed by atoms with van der Waals surface area (Å²) in [6.07, 6.45) is 3.52. The van der Waals surface area contributed by atoms with Gasteiger partial charge in [-0.1, -0.05) is 6.42 Å². The highest BCUT2D eigenvalue weighted by atomic mass is 16.6. The molecular weight excluding hydrogens is 248 g/mol. The summed E-state index contributed by atoms with van der Waals surface area (Å²) in [5.41, 5.74) is -0.0651. The van der Waals surface area contributed by atoms with E-state index >= 15 is 0 Å². The lowest BCUT2D eigenvalue weighted by Gasteiger charge is -2.15. The van der Waals surface area contributed by atoms with Crippen molar-refractivity contribution in [3.05, 3.63) is 27.9 Å². The van der Waals surface area contributed by atoms with Gasteiger partial charge in [-0.25, -0.2) is 4.98 Å². The molecule has 2 unspecified atom stereocenters. The lowest BCUT2D eigenvalue weighted by molar-refractivity contribution is -0.385. The average molecular weight is 262 g/mol. The molecule has 1 saturated carbocycles. The number of aromatic nitrogens is 1. The lowest BCUT2D eigenvalue weighted by Crippen LogP contribution is -2.22. The second-order valence-corrected chi connectivity index (χ2v) is 4.60. The molecule has 0 bridgehead atoms. The maximum Gasteiger partial charge on any atom is 0.289 e. The zero-order valence-corrected chi connectivity index (χ0v) is 10.2. The Morgan fingerprint density at radius 1 is 1.63 bits per heavy atom. The molecule has 0 aliphatic heterocycles. The first-order valence-corrected chi connectivity index (χ1v) is 6.08. The predicted octanol–water partition coefficient (Wildman–Crippen LogP) is 1.43. The number of nitro groups is 1. The number of nitrogens with zero attached hydrogens (tertiary/aromatic N) is 3. The number of nitriles is 1. The minimum absolute atomic E-state index is 0.140. The Hall–Kier alpha value is -2.20. The van der Waals surface area contributed by atoms with Gasteiger partial charge in [-0.3, -0.25) is 10.1 Å². The summed E-state index contributed by atoms with van der Waals surface area (Å²) in [4.78, 5) is 13.9. The zero-order chi connectivity index (χ0) is 13.8. The van der Waals surface area contributed by atoms with Crippen LogP contribution in [0.25, 0.3) is 0 Å². The molecule has 19 heavy (non-hydrogen) atoms. The average Bonchev–Trinajstić information content (AvgIpc) is 2.81. The molecule has 0 aromatic carbocycles. The van der Waals surface area contributed by atoms with E-state index in [1.165, 1.54) is 6.07 Å². The Morgan fingerprint density at radius 2 is 2.42 bits per heavy atom. The summed E-state index contributed by atoms with van der Waals surface area (Å²) < 4.78 is 0. The van der Waals surface area contributed by atoms with Crippen molar-refractivity contribution in [3.8, 4) is 6.07 Å². The van der Waals surface area contributed by atoms with E-state index in [1.807, 2.05) is 6.07 Å². The molecule has 1 aromatic rings. The number of anilines is 1. The molecule has 1 aromatic heterocycles. The smallest absolute Gasteiger partial charge is 0.289 e.